The van der Waals surface area contributed by atoms with Crippen molar-refractivity contribution in [1.82, 2.24) is 20.3 Å². The van der Waals surface area contributed by atoms with Gasteiger partial charge in [-0.1, -0.05) is 6.07 Å². The number of nitrogens with one attached hydrogen (secondary N) is 2. The molecule has 0 spiro atoms. The molecular weight excluding hydrogens is 318 g/mol. The summed E-state index contributed by atoms with van der Waals surface area (Å²) >= 11 is 0. The van der Waals surface area contributed by atoms with E-state index in [1.165, 1.54) is 0 Å². The third-order valence-corrected chi connectivity index (χ3v) is 3.62. The number of pyridine rings is 1. The molecule has 3 rings (SSSR count). The van der Waals surface area contributed by atoms with Crippen molar-refractivity contribution < 1.29 is 9.53 Å². The van der Waals surface area contributed by atoms with E-state index >= 15 is 0 Å². The lowest BCUT2D eigenvalue weighted by molar-refractivity contribution is 0.252. The zero-order valence-corrected chi connectivity index (χ0v) is 14.3. The van der Waals surface area contributed by atoms with Crippen molar-refractivity contribution in [1.29, 1.82) is 0 Å². The van der Waals surface area contributed by atoms with Crippen molar-refractivity contribution in [2.45, 2.75) is 13.8 Å². The summed E-state index contributed by atoms with van der Waals surface area (Å²) in [7, 11) is 1.62. The molecule has 0 atom stereocenters. The standard InChI is InChI=1S/C18H19N5O2/c1-4-19-18(24)23-16-8-7-13-17(22-16)21-14(10-20-13)12-6-5-11(2)9-15(12)25-3/h5-10H,4H2,1-3H3,(H2,19,21,22,23,24). The fraction of sp³-hybridized carbons (Fsp3) is 0.222. The van der Waals surface area contributed by atoms with Gasteiger partial charge in [0.2, 0.25) is 0 Å². The molecule has 0 radical (unpaired) electrons. The number of carbonyl (C=O) groups is 1. The van der Waals surface area contributed by atoms with E-state index in [4.69, 9.17) is 4.74 Å². The normalized spacial score (nSPS) is 10.5. The summed E-state index contributed by atoms with van der Waals surface area (Å²) in [5, 5.41) is 5.33. The molecular formula is C18H19N5O2. The van der Waals surface area contributed by atoms with Crippen LogP contribution >= 0.6 is 0 Å². The number of hydrogen-bond donors (Lipinski definition) is 2. The van der Waals surface area contributed by atoms with Crippen molar-refractivity contribution in [3.05, 3.63) is 42.1 Å². The van der Waals surface area contributed by atoms with Crippen LogP contribution in [-0.2, 0) is 0 Å². The fourth-order valence-corrected chi connectivity index (χ4v) is 2.43. The lowest BCUT2D eigenvalue weighted by Crippen LogP contribution is -2.28. The molecule has 128 valence electrons. The Morgan fingerprint density at radius 2 is 2.04 bits per heavy atom. The molecule has 2 aromatic heterocycles. The zero-order chi connectivity index (χ0) is 17.8. The first-order chi connectivity index (χ1) is 12.1. The predicted molar refractivity (Wildman–Crippen MR) is 96.8 cm³/mol. The first kappa shape index (κ1) is 16.6. The van der Waals surface area contributed by atoms with E-state index < -0.39 is 0 Å². The molecule has 0 aliphatic rings. The Hall–Kier alpha value is -3.22. The van der Waals surface area contributed by atoms with E-state index in [2.05, 4.69) is 25.6 Å². The monoisotopic (exact) mass is 337 g/mol. The largest absolute Gasteiger partial charge is 0.496 e. The van der Waals surface area contributed by atoms with Gasteiger partial charge < -0.3 is 10.1 Å². The number of nitrogens with zero attached hydrogens (tertiary/aromatic N) is 3. The van der Waals surface area contributed by atoms with E-state index in [-0.39, 0.29) is 6.03 Å². The van der Waals surface area contributed by atoms with Crippen LogP contribution in [0.15, 0.2) is 36.5 Å². The van der Waals surface area contributed by atoms with Gasteiger partial charge in [-0.2, -0.15) is 0 Å². The summed E-state index contributed by atoms with van der Waals surface area (Å²) in [4.78, 5) is 25.0. The summed E-state index contributed by atoms with van der Waals surface area (Å²) in [6, 6.07) is 9.04. The Kier molecular flexibility index (Phi) is 4.74. The zero-order valence-electron chi connectivity index (χ0n) is 14.3. The molecule has 0 fully saturated rings. The van der Waals surface area contributed by atoms with Gasteiger partial charge in [-0.05, 0) is 43.7 Å². The van der Waals surface area contributed by atoms with Gasteiger partial charge in [-0.15, -0.1) is 0 Å². The Morgan fingerprint density at radius 1 is 1.20 bits per heavy atom. The number of rotatable bonds is 4. The van der Waals surface area contributed by atoms with Crippen molar-refractivity contribution in [2.24, 2.45) is 0 Å². The number of hydrogen-bond acceptors (Lipinski definition) is 5. The van der Waals surface area contributed by atoms with Crippen LogP contribution in [0.4, 0.5) is 10.6 Å². The van der Waals surface area contributed by atoms with Crippen molar-refractivity contribution in [3.63, 3.8) is 0 Å². The summed E-state index contributed by atoms with van der Waals surface area (Å²) in [5.41, 5.74) is 3.70. The van der Waals surface area contributed by atoms with Gasteiger partial charge in [-0.25, -0.2) is 14.8 Å². The quantitative estimate of drug-likeness (QED) is 0.763. The minimum atomic E-state index is -0.307. The molecule has 0 aliphatic carbocycles. The fourth-order valence-electron chi connectivity index (χ4n) is 2.43. The van der Waals surface area contributed by atoms with Crippen LogP contribution in [0, 0.1) is 6.92 Å². The number of benzene rings is 1. The molecule has 3 aromatic rings. The molecule has 1 aromatic carbocycles. The number of urea groups is 1. The van der Waals surface area contributed by atoms with E-state index in [9.17, 15) is 4.79 Å². The lowest BCUT2D eigenvalue weighted by atomic mass is 10.1. The van der Waals surface area contributed by atoms with Crippen LogP contribution in [0.2, 0.25) is 0 Å². The average Bonchev–Trinajstić information content (AvgIpc) is 2.61. The number of fused-ring (bicyclic) bond motifs is 1. The summed E-state index contributed by atoms with van der Waals surface area (Å²) in [6.07, 6.45) is 1.69. The Morgan fingerprint density at radius 3 is 2.80 bits per heavy atom. The SMILES string of the molecule is CCNC(=O)Nc1ccc2ncc(-c3ccc(C)cc3OC)nc2n1. The van der Waals surface area contributed by atoms with E-state index in [1.54, 1.807) is 25.4 Å². The molecule has 2 amide bonds. The number of aromatic nitrogens is 3. The highest BCUT2D eigenvalue weighted by atomic mass is 16.5. The maximum Gasteiger partial charge on any atom is 0.320 e. The number of carbonyl (C=O) groups excluding carboxylic acids is 1. The lowest BCUT2D eigenvalue weighted by Gasteiger charge is -2.10. The van der Waals surface area contributed by atoms with Crippen LogP contribution in [0.1, 0.15) is 12.5 Å². The molecule has 0 bridgehead atoms. The first-order valence-corrected chi connectivity index (χ1v) is 7.94. The van der Waals surface area contributed by atoms with Crippen LogP contribution in [-0.4, -0.2) is 34.6 Å². The van der Waals surface area contributed by atoms with Crippen LogP contribution in [0.3, 0.4) is 0 Å². The highest BCUT2D eigenvalue weighted by molar-refractivity contribution is 5.89. The van der Waals surface area contributed by atoms with Gasteiger partial charge in [0.25, 0.3) is 0 Å². The number of methoxy groups -OCH3 is 1. The second kappa shape index (κ2) is 7.12. The van der Waals surface area contributed by atoms with E-state index in [0.717, 1.165) is 16.9 Å². The Bertz CT molecular complexity index is 926. The maximum atomic E-state index is 11.6. The Balaban J connectivity index is 2.00. The van der Waals surface area contributed by atoms with Crippen LogP contribution in [0.25, 0.3) is 22.4 Å². The van der Waals surface area contributed by atoms with Gasteiger partial charge in [-0.3, -0.25) is 10.3 Å². The maximum absolute atomic E-state index is 11.6. The molecule has 7 nitrogen and oxygen atoms in total. The molecule has 0 aliphatic heterocycles. The van der Waals surface area contributed by atoms with Gasteiger partial charge in [0.15, 0.2) is 5.65 Å². The second-order valence-corrected chi connectivity index (χ2v) is 5.48. The first-order valence-electron chi connectivity index (χ1n) is 7.94. The third kappa shape index (κ3) is 3.65. The second-order valence-electron chi connectivity index (χ2n) is 5.48. The third-order valence-electron chi connectivity index (χ3n) is 3.62. The number of amides is 2. The summed E-state index contributed by atoms with van der Waals surface area (Å²) in [6.45, 7) is 4.38. The Labute approximate surface area is 145 Å². The van der Waals surface area contributed by atoms with E-state index in [0.29, 0.717) is 29.2 Å². The number of ether oxygens (including phenoxy) is 1. The van der Waals surface area contributed by atoms with Gasteiger partial charge in [0.1, 0.15) is 17.1 Å². The van der Waals surface area contributed by atoms with Crippen molar-refractivity contribution >= 4 is 23.0 Å². The predicted octanol–water partition coefficient (Wildman–Crippen LogP) is 3.15. The molecule has 7 heteroatoms. The summed E-state index contributed by atoms with van der Waals surface area (Å²) < 4.78 is 5.44. The molecule has 25 heavy (non-hydrogen) atoms. The minimum Gasteiger partial charge on any atom is -0.496 e. The average molecular weight is 337 g/mol. The molecule has 0 saturated heterocycles. The molecule has 0 saturated carbocycles. The molecule has 2 N–H and O–H groups in total. The number of aryl methyl sites for hydroxylation is 1. The van der Waals surface area contributed by atoms with Crippen LogP contribution in [0.5, 0.6) is 5.75 Å². The summed E-state index contributed by atoms with van der Waals surface area (Å²) in [5.74, 6) is 1.14. The van der Waals surface area contributed by atoms with E-state index in [1.807, 2.05) is 32.0 Å². The van der Waals surface area contributed by atoms with Crippen molar-refractivity contribution in [2.75, 3.05) is 19.0 Å². The molecule has 0 unspecified atom stereocenters. The molecule has 2 heterocycles. The highest BCUT2D eigenvalue weighted by Gasteiger charge is 2.10. The minimum absolute atomic E-state index is 0.307. The topological polar surface area (TPSA) is 89.0 Å². The van der Waals surface area contributed by atoms with Gasteiger partial charge in [0, 0.05) is 12.1 Å². The van der Waals surface area contributed by atoms with Crippen LogP contribution < -0.4 is 15.4 Å². The highest BCUT2D eigenvalue weighted by Crippen LogP contribution is 2.29. The smallest absolute Gasteiger partial charge is 0.320 e. The van der Waals surface area contributed by atoms with Gasteiger partial charge >= 0.3 is 6.03 Å². The van der Waals surface area contributed by atoms with Gasteiger partial charge in [0.05, 0.1) is 19.0 Å². The number of anilines is 1. The van der Waals surface area contributed by atoms with Crippen molar-refractivity contribution in [3.8, 4) is 17.0 Å².